The fourth-order valence-corrected chi connectivity index (χ4v) is 5.37. The monoisotopic (exact) mass is 614 g/mol. The average Bonchev–Trinajstić information content (AvgIpc) is 3.73. The Balaban J connectivity index is 0.000000175. The maximum atomic E-state index is 12.6. The number of allylic oxidation sites excluding steroid dienone is 2. The van der Waals surface area contributed by atoms with Gasteiger partial charge in [-0.05, 0) is 57.4 Å². The van der Waals surface area contributed by atoms with Crippen LogP contribution < -0.4 is 0 Å². The molecule has 1 fully saturated rings. The Hall–Kier alpha value is -5.04. The van der Waals surface area contributed by atoms with E-state index in [1.807, 2.05) is 0 Å². The summed E-state index contributed by atoms with van der Waals surface area (Å²) in [6, 6.07) is 6.50. The summed E-state index contributed by atoms with van der Waals surface area (Å²) in [5.74, 6) is -1.67. The fourth-order valence-electron chi connectivity index (χ4n) is 5.05. The molecule has 0 atom stereocenters. The summed E-state index contributed by atoms with van der Waals surface area (Å²) in [4.78, 5) is 77.2. The van der Waals surface area contributed by atoms with E-state index in [9.17, 15) is 24.0 Å². The Morgan fingerprint density at radius 2 is 1.27 bits per heavy atom. The molecule has 14 heteroatoms. The topological polar surface area (TPSA) is 173 Å². The Labute approximate surface area is 256 Å². The molecule has 0 aromatic carbocycles. The Morgan fingerprint density at radius 1 is 0.750 bits per heavy atom. The third kappa shape index (κ3) is 6.32. The van der Waals surface area contributed by atoms with Crippen molar-refractivity contribution in [2.24, 2.45) is 5.92 Å². The molecule has 2 aliphatic rings. The molecule has 4 aromatic rings. The zero-order valence-electron chi connectivity index (χ0n) is 23.9. The predicted molar refractivity (Wildman–Crippen MR) is 156 cm³/mol. The largest absolute Gasteiger partial charge is 0.298 e. The number of hydrogen-bond donors (Lipinski definition) is 0. The summed E-state index contributed by atoms with van der Waals surface area (Å²) >= 11 is 6.08. The number of rotatable bonds is 6. The maximum Gasteiger partial charge on any atom is 0.199 e. The zero-order chi connectivity index (χ0) is 31.4. The molecule has 44 heavy (non-hydrogen) atoms. The summed E-state index contributed by atoms with van der Waals surface area (Å²) in [6.45, 7) is 3.39. The smallest absolute Gasteiger partial charge is 0.199 e. The molecule has 0 amide bonds. The van der Waals surface area contributed by atoms with Gasteiger partial charge in [0, 0.05) is 35.4 Å². The number of hydrogen-bond acceptors (Lipinski definition) is 11. The van der Waals surface area contributed by atoms with Gasteiger partial charge in [0.15, 0.2) is 40.6 Å². The van der Waals surface area contributed by atoms with Gasteiger partial charge in [0.05, 0.1) is 17.0 Å². The molecule has 0 radical (unpaired) electrons. The number of Topliss-reactive ketones (excluding diaryl/α,β-unsaturated/α-hetero) is 5. The third-order valence-corrected chi connectivity index (χ3v) is 7.67. The number of aryl methyl sites for hydroxylation is 2. The number of ketones is 5. The van der Waals surface area contributed by atoms with Crippen LogP contribution in [0.3, 0.4) is 0 Å². The molecule has 6 rings (SSSR count). The van der Waals surface area contributed by atoms with Crippen LogP contribution in [0.4, 0.5) is 0 Å². The molecule has 0 spiro atoms. The Morgan fingerprint density at radius 3 is 1.75 bits per heavy atom. The number of nitrogens with zero attached hydrogens (tertiary/aromatic N) is 8. The van der Waals surface area contributed by atoms with Crippen molar-refractivity contribution >= 4 is 40.5 Å². The van der Waals surface area contributed by atoms with Crippen LogP contribution in [0, 0.1) is 19.8 Å². The summed E-state index contributed by atoms with van der Waals surface area (Å²) in [7, 11) is 0. The molecule has 0 unspecified atom stereocenters. The molecule has 13 nitrogen and oxygen atoms in total. The highest BCUT2D eigenvalue weighted by Crippen LogP contribution is 2.28. The lowest BCUT2D eigenvalue weighted by Gasteiger charge is -2.18. The van der Waals surface area contributed by atoms with E-state index in [0.717, 1.165) is 0 Å². The second-order valence-corrected chi connectivity index (χ2v) is 10.7. The van der Waals surface area contributed by atoms with E-state index in [4.69, 9.17) is 11.6 Å². The van der Waals surface area contributed by atoms with Crippen LogP contribution in [0.25, 0.3) is 11.6 Å². The van der Waals surface area contributed by atoms with Gasteiger partial charge < -0.3 is 0 Å². The number of carbonyl (C=O) groups is 5. The molecule has 0 aliphatic heterocycles. The summed E-state index contributed by atoms with van der Waals surface area (Å²) < 4.78 is 2.97. The van der Waals surface area contributed by atoms with Gasteiger partial charge >= 0.3 is 0 Å². The number of aromatic nitrogens is 8. The van der Waals surface area contributed by atoms with Crippen molar-refractivity contribution < 1.29 is 24.0 Å². The molecule has 0 bridgehead atoms. The van der Waals surface area contributed by atoms with E-state index in [1.165, 1.54) is 34.7 Å². The quantitative estimate of drug-likeness (QED) is 0.177. The molecular formula is C30H27ClN8O5. The molecule has 2 aliphatic carbocycles. The lowest BCUT2D eigenvalue weighted by molar-refractivity contribution is -0.133. The predicted octanol–water partition coefficient (Wildman–Crippen LogP) is 3.49. The minimum Gasteiger partial charge on any atom is -0.298 e. The first-order chi connectivity index (χ1) is 21.2. The standard InChI is InChI=1S/C15H13ClN4O2.C15H14N4O3/c1-9-10(5-6-13(19-9)20-8-17-7-18-20)15(22)14-11(16)3-2-4-12(14)21;1-9-10(5-6-13(18-9)19-8-16-7-17-19)15(22)14-11(20)3-2-4-12(14)21/h5-8H,2-4H2,1H3;5-8,14H,2-4H2,1H3. The highest BCUT2D eigenvalue weighted by Gasteiger charge is 2.37. The molecule has 4 aromatic heterocycles. The van der Waals surface area contributed by atoms with Crippen molar-refractivity contribution in [3.63, 3.8) is 0 Å². The summed E-state index contributed by atoms with van der Waals surface area (Å²) in [5, 5.41) is 8.30. The summed E-state index contributed by atoms with van der Waals surface area (Å²) in [6.07, 6.45) is 8.53. The minimum absolute atomic E-state index is 0.103. The van der Waals surface area contributed by atoms with Crippen molar-refractivity contribution in [3.05, 3.63) is 82.7 Å². The number of halogens is 1. The van der Waals surface area contributed by atoms with Gasteiger partial charge in [-0.1, -0.05) is 11.6 Å². The lowest BCUT2D eigenvalue weighted by Crippen LogP contribution is -2.35. The van der Waals surface area contributed by atoms with E-state index in [0.29, 0.717) is 64.9 Å². The first-order valence-corrected chi connectivity index (χ1v) is 14.2. The second kappa shape index (κ2) is 13.1. The van der Waals surface area contributed by atoms with E-state index in [1.54, 1.807) is 38.1 Å². The molecule has 4 heterocycles. The Kier molecular flexibility index (Phi) is 9.04. The molecule has 224 valence electrons. The van der Waals surface area contributed by atoms with Gasteiger partial charge in [0.2, 0.25) is 0 Å². The third-order valence-electron chi connectivity index (χ3n) is 7.29. The highest BCUT2D eigenvalue weighted by molar-refractivity contribution is 6.39. The van der Waals surface area contributed by atoms with Crippen LogP contribution in [0.5, 0.6) is 0 Å². The Bertz CT molecular complexity index is 1780. The molecule has 0 N–H and O–H groups in total. The van der Waals surface area contributed by atoms with E-state index in [2.05, 4.69) is 30.1 Å². The van der Waals surface area contributed by atoms with Crippen molar-refractivity contribution in [1.82, 2.24) is 39.5 Å². The number of pyridine rings is 2. The van der Waals surface area contributed by atoms with Crippen LogP contribution in [0.15, 0.2) is 60.2 Å². The number of carbonyl (C=O) groups excluding carboxylic acids is 5. The first-order valence-electron chi connectivity index (χ1n) is 13.9. The van der Waals surface area contributed by atoms with Gasteiger partial charge in [0.1, 0.15) is 31.2 Å². The van der Waals surface area contributed by atoms with Crippen molar-refractivity contribution in [2.75, 3.05) is 0 Å². The van der Waals surface area contributed by atoms with Gasteiger partial charge in [-0.2, -0.15) is 10.2 Å². The van der Waals surface area contributed by atoms with Crippen LogP contribution in [0.2, 0.25) is 0 Å². The SMILES string of the molecule is Cc1nc(-n2cncn2)ccc1C(=O)C1=C(Cl)CCCC1=O.Cc1nc(-n2cncn2)ccc1C(=O)C1C(=O)CCCC1=O. The van der Waals surface area contributed by atoms with E-state index < -0.39 is 11.7 Å². The van der Waals surface area contributed by atoms with E-state index >= 15 is 0 Å². The second-order valence-electron chi connectivity index (χ2n) is 10.3. The van der Waals surface area contributed by atoms with Gasteiger partial charge in [0.25, 0.3) is 0 Å². The molecule has 0 saturated heterocycles. The highest BCUT2D eigenvalue weighted by atomic mass is 35.5. The van der Waals surface area contributed by atoms with Crippen LogP contribution in [-0.4, -0.2) is 68.4 Å². The van der Waals surface area contributed by atoms with Gasteiger partial charge in [-0.25, -0.2) is 29.3 Å². The van der Waals surface area contributed by atoms with Gasteiger partial charge in [-0.3, -0.25) is 24.0 Å². The average molecular weight is 615 g/mol. The minimum atomic E-state index is -1.16. The lowest BCUT2D eigenvalue weighted by atomic mass is 9.81. The first kappa shape index (κ1) is 30.4. The van der Waals surface area contributed by atoms with Crippen LogP contribution in [0.1, 0.15) is 70.6 Å². The van der Waals surface area contributed by atoms with Crippen molar-refractivity contribution in [2.45, 2.75) is 52.4 Å². The van der Waals surface area contributed by atoms with E-state index in [-0.39, 0.29) is 41.5 Å². The molecular weight excluding hydrogens is 588 g/mol. The fraction of sp³-hybridized carbons (Fsp3) is 0.300. The van der Waals surface area contributed by atoms with Gasteiger partial charge in [-0.15, -0.1) is 0 Å². The van der Waals surface area contributed by atoms with Crippen molar-refractivity contribution in [1.29, 1.82) is 0 Å². The normalized spacial score (nSPS) is 15.7. The summed E-state index contributed by atoms with van der Waals surface area (Å²) in [5.41, 5.74) is 1.77. The van der Waals surface area contributed by atoms with Crippen LogP contribution >= 0.6 is 11.6 Å². The zero-order valence-corrected chi connectivity index (χ0v) is 24.7. The van der Waals surface area contributed by atoms with Crippen LogP contribution in [-0.2, 0) is 14.4 Å². The van der Waals surface area contributed by atoms with Crippen molar-refractivity contribution in [3.8, 4) is 11.6 Å². The molecule has 1 saturated carbocycles. The maximum absolute atomic E-state index is 12.6.